The lowest BCUT2D eigenvalue weighted by Crippen LogP contribution is -2.11. The van der Waals surface area contributed by atoms with E-state index in [1.165, 1.54) is 24.9 Å². The van der Waals surface area contributed by atoms with Crippen LogP contribution in [0.2, 0.25) is 0 Å². The molecular formula is C16H20N4OS2. The average Bonchev–Trinajstić information content (AvgIpc) is 3.25. The first kappa shape index (κ1) is 16.4. The minimum absolute atomic E-state index is 0.0770. The number of aromatic amines is 1. The van der Waals surface area contributed by atoms with E-state index in [1.54, 1.807) is 0 Å². The van der Waals surface area contributed by atoms with Crippen LogP contribution in [0.4, 0.5) is 5.69 Å². The summed E-state index contributed by atoms with van der Waals surface area (Å²) in [7, 11) is 3.98. The van der Waals surface area contributed by atoms with E-state index in [1.807, 2.05) is 45.9 Å². The molecule has 23 heavy (non-hydrogen) atoms. The molecule has 0 bridgehead atoms. The van der Waals surface area contributed by atoms with Crippen LogP contribution in [0.15, 0.2) is 30.6 Å². The van der Waals surface area contributed by atoms with Crippen molar-refractivity contribution in [3.8, 4) is 11.4 Å². The molecule has 1 aliphatic rings. The first-order valence-electron chi connectivity index (χ1n) is 7.85. The van der Waals surface area contributed by atoms with Crippen LogP contribution >= 0.6 is 21.6 Å². The Bertz CT molecular complexity index is 627. The Morgan fingerprint density at radius 3 is 3.13 bits per heavy atom. The number of unbranched alkanes of at least 4 members (excludes halogenated alkanes) is 1. The van der Waals surface area contributed by atoms with Crippen LogP contribution in [0.1, 0.15) is 32.1 Å². The van der Waals surface area contributed by atoms with E-state index in [4.69, 9.17) is 0 Å². The van der Waals surface area contributed by atoms with Crippen molar-refractivity contribution in [1.29, 1.82) is 0 Å². The Balaban J connectivity index is 1.43. The Labute approximate surface area is 143 Å². The molecule has 1 amide bonds. The molecule has 1 aromatic carbocycles. The predicted molar refractivity (Wildman–Crippen MR) is 97.4 cm³/mol. The molecule has 3 rings (SSSR count). The molecule has 0 radical (unpaired) electrons. The van der Waals surface area contributed by atoms with Gasteiger partial charge in [-0.3, -0.25) is 9.89 Å². The highest BCUT2D eigenvalue weighted by atomic mass is 33.1. The van der Waals surface area contributed by atoms with Crippen LogP contribution in [-0.2, 0) is 4.79 Å². The molecule has 2 aromatic rings. The maximum Gasteiger partial charge on any atom is 0.224 e. The van der Waals surface area contributed by atoms with Gasteiger partial charge in [-0.1, -0.05) is 40.1 Å². The smallest absolute Gasteiger partial charge is 0.224 e. The number of carbonyl (C=O) groups is 1. The van der Waals surface area contributed by atoms with Crippen LogP contribution in [0.3, 0.4) is 0 Å². The van der Waals surface area contributed by atoms with Gasteiger partial charge in [-0.05, 0) is 31.4 Å². The molecule has 122 valence electrons. The molecule has 0 aliphatic carbocycles. The number of benzene rings is 1. The average molecular weight is 348 g/mol. The molecule has 1 aromatic heterocycles. The van der Waals surface area contributed by atoms with Gasteiger partial charge in [-0.15, -0.1) is 0 Å². The second kappa shape index (κ2) is 8.40. The van der Waals surface area contributed by atoms with Crippen molar-refractivity contribution in [1.82, 2.24) is 15.2 Å². The van der Waals surface area contributed by atoms with Crippen LogP contribution < -0.4 is 5.32 Å². The third-order valence-electron chi connectivity index (χ3n) is 3.74. The maximum atomic E-state index is 12.1. The molecule has 2 N–H and O–H groups in total. The van der Waals surface area contributed by atoms with Crippen LogP contribution in [0, 0.1) is 0 Å². The number of anilines is 1. The quantitative estimate of drug-likeness (QED) is 0.582. The number of hydrogen-bond donors (Lipinski definition) is 2. The van der Waals surface area contributed by atoms with Gasteiger partial charge in [0, 0.05) is 28.7 Å². The lowest BCUT2D eigenvalue weighted by Gasteiger charge is -2.08. The molecule has 0 saturated carbocycles. The molecule has 2 heterocycles. The van der Waals surface area contributed by atoms with E-state index >= 15 is 0 Å². The minimum atomic E-state index is 0.0770. The predicted octanol–water partition coefficient (Wildman–Crippen LogP) is 4.12. The molecule has 1 atom stereocenters. The van der Waals surface area contributed by atoms with Crippen molar-refractivity contribution >= 4 is 33.2 Å². The third kappa shape index (κ3) is 5.00. The summed E-state index contributed by atoms with van der Waals surface area (Å²) in [5, 5.41) is 10.4. The summed E-state index contributed by atoms with van der Waals surface area (Å²) in [6.45, 7) is 0. The molecule has 0 spiro atoms. The van der Waals surface area contributed by atoms with E-state index < -0.39 is 0 Å². The number of nitrogens with zero attached hydrogens (tertiary/aromatic N) is 2. The molecule has 1 aliphatic heterocycles. The van der Waals surface area contributed by atoms with Crippen molar-refractivity contribution in [3.05, 3.63) is 30.6 Å². The number of H-pyrrole nitrogens is 1. The summed E-state index contributed by atoms with van der Waals surface area (Å²) in [5.41, 5.74) is 1.71. The lowest BCUT2D eigenvalue weighted by molar-refractivity contribution is -0.116. The summed E-state index contributed by atoms with van der Waals surface area (Å²) in [5.74, 6) is 2.05. The zero-order valence-corrected chi connectivity index (χ0v) is 14.5. The normalized spacial score (nSPS) is 17.3. The zero-order chi connectivity index (χ0) is 15.9. The van der Waals surface area contributed by atoms with Gasteiger partial charge in [0.15, 0.2) is 5.82 Å². The molecule has 5 nitrogen and oxygen atoms in total. The van der Waals surface area contributed by atoms with Gasteiger partial charge in [0.1, 0.15) is 6.33 Å². The van der Waals surface area contributed by atoms with Gasteiger partial charge in [-0.2, -0.15) is 5.10 Å². The number of rotatable bonds is 7. The molecule has 7 heteroatoms. The maximum absolute atomic E-state index is 12.1. The Morgan fingerprint density at radius 1 is 1.39 bits per heavy atom. The SMILES string of the molecule is O=C(CCCCC1CCSS1)Nc1cccc(-c2ncn[nH]2)c1. The third-order valence-corrected chi connectivity index (χ3v) is 6.75. The number of amides is 1. The number of nitrogens with one attached hydrogen (secondary N) is 2. The van der Waals surface area contributed by atoms with E-state index in [2.05, 4.69) is 20.5 Å². The van der Waals surface area contributed by atoms with Gasteiger partial charge in [0.05, 0.1) is 0 Å². The largest absolute Gasteiger partial charge is 0.326 e. The highest BCUT2D eigenvalue weighted by Gasteiger charge is 2.15. The van der Waals surface area contributed by atoms with E-state index in [-0.39, 0.29) is 5.91 Å². The monoisotopic (exact) mass is 348 g/mol. The van der Waals surface area contributed by atoms with Gasteiger partial charge in [0.2, 0.25) is 5.91 Å². The van der Waals surface area contributed by atoms with Crippen molar-refractivity contribution in [2.45, 2.75) is 37.4 Å². The summed E-state index contributed by atoms with van der Waals surface area (Å²) < 4.78 is 0. The zero-order valence-electron chi connectivity index (χ0n) is 12.8. The van der Waals surface area contributed by atoms with Crippen molar-refractivity contribution < 1.29 is 4.79 Å². The molecule has 1 unspecified atom stereocenters. The fraction of sp³-hybridized carbons (Fsp3) is 0.438. The lowest BCUT2D eigenvalue weighted by atomic mass is 10.1. The fourth-order valence-electron chi connectivity index (χ4n) is 2.53. The number of carbonyl (C=O) groups excluding carboxylic acids is 1. The van der Waals surface area contributed by atoms with E-state index in [0.29, 0.717) is 12.2 Å². The summed E-state index contributed by atoms with van der Waals surface area (Å²) in [6, 6.07) is 7.64. The van der Waals surface area contributed by atoms with Crippen molar-refractivity contribution in [3.63, 3.8) is 0 Å². The second-order valence-corrected chi connectivity index (χ2v) is 8.33. The van der Waals surface area contributed by atoms with Crippen LogP contribution in [-0.4, -0.2) is 32.1 Å². The topological polar surface area (TPSA) is 70.7 Å². The molecular weight excluding hydrogens is 328 g/mol. The van der Waals surface area contributed by atoms with Gasteiger partial charge < -0.3 is 5.32 Å². The van der Waals surface area contributed by atoms with Crippen LogP contribution in [0.5, 0.6) is 0 Å². The Morgan fingerprint density at radius 2 is 2.35 bits per heavy atom. The number of aromatic nitrogens is 3. The molecule has 1 fully saturated rings. The minimum Gasteiger partial charge on any atom is -0.326 e. The summed E-state index contributed by atoms with van der Waals surface area (Å²) in [6.07, 6.45) is 6.68. The second-order valence-electron chi connectivity index (χ2n) is 5.54. The molecule has 1 saturated heterocycles. The first-order valence-corrected chi connectivity index (χ1v) is 10.2. The van der Waals surface area contributed by atoms with Gasteiger partial charge in [0.25, 0.3) is 0 Å². The van der Waals surface area contributed by atoms with Crippen molar-refractivity contribution in [2.24, 2.45) is 0 Å². The van der Waals surface area contributed by atoms with Gasteiger partial charge in [-0.25, -0.2) is 4.98 Å². The summed E-state index contributed by atoms with van der Waals surface area (Å²) in [4.78, 5) is 16.2. The Hall–Kier alpha value is -1.47. The summed E-state index contributed by atoms with van der Waals surface area (Å²) >= 11 is 0. The highest BCUT2D eigenvalue weighted by Crippen LogP contribution is 2.39. The standard InChI is InChI=1S/C16H20N4OS2/c21-15(7-2-1-6-14-8-9-22-23-14)19-13-5-3-4-12(10-13)16-17-11-18-20-16/h3-5,10-11,14H,1-2,6-9H2,(H,19,21)(H,17,18,20). The Kier molecular flexibility index (Phi) is 5.99. The fourth-order valence-corrected chi connectivity index (χ4v) is 5.56. The highest BCUT2D eigenvalue weighted by molar-refractivity contribution is 8.77. The van der Waals surface area contributed by atoms with Crippen molar-refractivity contribution in [2.75, 3.05) is 11.1 Å². The first-order chi connectivity index (χ1) is 11.3. The van der Waals surface area contributed by atoms with E-state index in [0.717, 1.165) is 29.3 Å². The number of hydrogen-bond acceptors (Lipinski definition) is 5. The van der Waals surface area contributed by atoms with Crippen LogP contribution in [0.25, 0.3) is 11.4 Å². The van der Waals surface area contributed by atoms with Gasteiger partial charge >= 0.3 is 0 Å². The van der Waals surface area contributed by atoms with E-state index in [9.17, 15) is 4.79 Å².